The van der Waals surface area contributed by atoms with Crippen molar-refractivity contribution in [1.29, 1.82) is 0 Å². The number of hydrazine groups is 1. The van der Waals surface area contributed by atoms with Gasteiger partial charge in [-0.15, -0.1) is 0 Å². The van der Waals surface area contributed by atoms with E-state index in [-0.39, 0.29) is 0 Å². The average molecular weight is 214 g/mol. The normalized spacial score (nSPS) is 28.0. The van der Waals surface area contributed by atoms with Crippen molar-refractivity contribution in [3.8, 4) is 0 Å². The van der Waals surface area contributed by atoms with E-state index < -0.39 is 0 Å². The van der Waals surface area contributed by atoms with Crippen LogP contribution in [0.4, 0.5) is 0 Å². The standard InChI is InChI=1S/C11H26N4/c1-5-12-9-7-11(8-10-13-6-2)14(3)15(11)4/h12-13H,5-10H2,1-4H3. The zero-order chi connectivity index (χ0) is 11.3. The summed E-state index contributed by atoms with van der Waals surface area (Å²) in [6.07, 6.45) is 2.42. The molecule has 0 saturated carbocycles. The molecule has 1 heterocycles. The molecule has 0 radical (unpaired) electrons. The monoisotopic (exact) mass is 214 g/mol. The van der Waals surface area contributed by atoms with Gasteiger partial charge in [0.05, 0.1) is 0 Å². The van der Waals surface area contributed by atoms with E-state index in [4.69, 9.17) is 0 Å². The zero-order valence-electron chi connectivity index (χ0n) is 10.6. The van der Waals surface area contributed by atoms with Gasteiger partial charge in [-0.1, -0.05) is 13.8 Å². The second-order valence-corrected chi connectivity index (χ2v) is 4.24. The van der Waals surface area contributed by atoms with E-state index in [1.807, 2.05) is 0 Å². The van der Waals surface area contributed by atoms with Gasteiger partial charge in [-0.2, -0.15) is 0 Å². The quantitative estimate of drug-likeness (QED) is 0.454. The van der Waals surface area contributed by atoms with Gasteiger partial charge in [0.15, 0.2) is 0 Å². The molecule has 0 aromatic carbocycles. The molecule has 1 rings (SSSR count). The van der Waals surface area contributed by atoms with Crippen molar-refractivity contribution in [2.75, 3.05) is 40.3 Å². The molecule has 0 aromatic heterocycles. The van der Waals surface area contributed by atoms with Crippen LogP contribution in [0.25, 0.3) is 0 Å². The van der Waals surface area contributed by atoms with E-state index in [1.165, 1.54) is 12.8 Å². The van der Waals surface area contributed by atoms with Gasteiger partial charge < -0.3 is 10.6 Å². The Morgan fingerprint density at radius 2 is 1.27 bits per heavy atom. The molecule has 15 heavy (non-hydrogen) atoms. The molecule has 1 saturated heterocycles. The molecule has 2 unspecified atom stereocenters. The smallest absolute Gasteiger partial charge is 0.102 e. The van der Waals surface area contributed by atoms with Gasteiger partial charge >= 0.3 is 0 Å². The third kappa shape index (κ3) is 2.91. The first-order chi connectivity index (χ1) is 7.19. The largest absolute Gasteiger partial charge is 0.317 e. The van der Waals surface area contributed by atoms with Gasteiger partial charge in [-0.3, -0.25) is 0 Å². The Morgan fingerprint density at radius 3 is 1.53 bits per heavy atom. The molecule has 0 aliphatic carbocycles. The highest BCUT2D eigenvalue weighted by Gasteiger charge is 2.54. The number of nitrogens with one attached hydrogen (secondary N) is 2. The molecular weight excluding hydrogens is 188 g/mol. The van der Waals surface area contributed by atoms with Gasteiger partial charge in [-0.25, -0.2) is 10.0 Å². The molecule has 0 aromatic rings. The summed E-state index contributed by atoms with van der Waals surface area (Å²) in [6.45, 7) is 8.67. The van der Waals surface area contributed by atoms with Crippen LogP contribution in [-0.2, 0) is 0 Å². The molecule has 4 nitrogen and oxygen atoms in total. The van der Waals surface area contributed by atoms with Crippen LogP contribution in [0.5, 0.6) is 0 Å². The predicted molar refractivity (Wildman–Crippen MR) is 64.6 cm³/mol. The summed E-state index contributed by atoms with van der Waals surface area (Å²) in [5.74, 6) is 0. The highest BCUT2D eigenvalue weighted by molar-refractivity contribution is 4.98. The summed E-state index contributed by atoms with van der Waals surface area (Å²) in [7, 11) is 4.36. The summed E-state index contributed by atoms with van der Waals surface area (Å²) in [6, 6.07) is 0. The van der Waals surface area contributed by atoms with Gasteiger partial charge in [0, 0.05) is 14.1 Å². The predicted octanol–water partition coefficient (Wildman–Crippen LogP) is 0.474. The van der Waals surface area contributed by atoms with Crippen LogP contribution >= 0.6 is 0 Å². The lowest BCUT2D eigenvalue weighted by molar-refractivity contribution is 0.390. The van der Waals surface area contributed by atoms with E-state index in [2.05, 4.69) is 48.6 Å². The van der Waals surface area contributed by atoms with E-state index >= 15 is 0 Å². The van der Waals surface area contributed by atoms with Crippen LogP contribution in [0.2, 0.25) is 0 Å². The second-order valence-electron chi connectivity index (χ2n) is 4.24. The Balaban J connectivity index is 2.29. The van der Waals surface area contributed by atoms with Crippen molar-refractivity contribution < 1.29 is 0 Å². The second kappa shape index (κ2) is 5.80. The number of hydrogen-bond acceptors (Lipinski definition) is 4. The maximum Gasteiger partial charge on any atom is 0.102 e. The fourth-order valence-corrected chi connectivity index (χ4v) is 2.25. The Morgan fingerprint density at radius 1 is 0.867 bits per heavy atom. The van der Waals surface area contributed by atoms with Crippen molar-refractivity contribution in [1.82, 2.24) is 20.7 Å². The molecule has 1 aliphatic rings. The highest BCUT2D eigenvalue weighted by Crippen LogP contribution is 2.40. The third-order valence-electron chi connectivity index (χ3n) is 3.52. The van der Waals surface area contributed by atoms with Gasteiger partial charge in [0.1, 0.15) is 5.66 Å². The van der Waals surface area contributed by atoms with E-state index in [9.17, 15) is 0 Å². The van der Waals surface area contributed by atoms with Crippen LogP contribution in [0.1, 0.15) is 26.7 Å². The third-order valence-corrected chi connectivity index (χ3v) is 3.52. The molecule has 0 amide bonds. The minimum absolute atomic E-state index is 0.310. The molecular formula is C11H26N4. The lowest BCUT2D eigenvalue weighted by atomic mass is 10.1. The van der Waals surface area contributed by atoms with Gasteiger partial charge in [0.2, 0.25) is 0 Å². The fourth-order valence-electron chi connectivity index (χ4n) is 2.25. The molecule has 0 spiro atoms. The maximum atomic E-state index is 3.40. The van der Waals surface area contributed by atoms with Crippen molar-refractivity contribution >= 4 is 0 Å². The van der Waals surface area contributed by atoms with Crippen LogP contribution in [0.3, 0.4) is 0 Å². The Hall–Kier alpha value is -0.160. The van der Waals surface area contributed by atoms with Crippen LogP contribution in [0.15, 0.2) is 0 Å². The molecule has 4 heteroatoms. The number of hydrogen-bond donors (Lipinski definition) is 2. The topological polar surface area (TPSA) is 30.1 Å². The summed E-state index contributed by atoms with van der Waals surface area (Å²) in [4.78, 5) is 0. The maximum absolute atomic E-state index is 3.40. The Kier molecular flexibility index (Phi) is 4.99. The zero-order valence-corrected chi connectivity index (χ0v) is 10.6. The minimum atomic E-state index is 0.310. The Bertz CT molecular complexity index is 163. The first kappa shape index (κ1) is 12.9. The van der Waals surface area contributed by atoms with Crippen LogP contribution in [-0.4, -0.2) is 56.0 Å². The van der Waals surface area contributed by atoms with Crippen molar-refractivity contribution in [2.45, 2.75) is 32.4 Å². The van der Waals surface area contributed by atoms with E-state index in [0.717, 1.165) is 26.2 Å². The first-order valence-electron chi connectivity index (χ1n) is 6.08. The number of nitrogens with zero attached hydrogens (tertiary/aromatic N) is 2. The molecule has 0 bridgehead atoms. The number of rotatable bonds is 8. The van der Waals surface area contributed by atoms with Crippen molar-refractivity contribution in [3.63, 3.8) is 0 Å². The molecule has 90 valence electrons. The summed E-state index contributed by atoms with van der Waals surface area (Å²) < 4.78 is 0. The summed E-state index contributed by atoms with van der Waals surface area (Å²) in [5, 5.41) is 11.5. The molecule has 1 fully saturated rings. The summed E-state index contributed by atoms with van der Waals surface area (Å²) in [5.41, 5.74) is 0.310. The van der Waals surface area contributed by atoms with Crippen LogP contribution < -0.4 is 10.6 Å². The minimum Gasteiger partial charge on any atom is -0.317 e. The summed E-state index contributed by atoms with van der Waals surface area (Å²) >= 11 is 0. The lowest BCUT2D eigenvalue weighted by Crippen LogP contribution is -2.30. The van der Waals surface area contributed by atoms with Crippen molar-refractivity contribution in [3.05, 3.63) is 0 Å². The van der Waals surface area contributed by atoms with Crippen LogP contribution in [0, 0.1) is 0 Å². The highest BCUT2D eigenvalue weighted by atomic mass is 15.9. The van der Waals surface area contributed by atoms with E-state index in [1.54, 1.807) is 0 Å². The lowest BCUT2D eigenvalue weighted by Gasteiger charge is -2.15. The van der Waals surface area contributed by atoms with E-state index in [0.29, 0.717) is 5.66 Å². The van der Waals surface area contributed by atoms with Gasteiger partial charge in [-0.05, 0) is 39.0 Å². The van der Waals surface area contributed by atoms with Gasteiger partial charge in [0.25, 0.3) is 0 Å². The Labute approximate surface area is 94.0 Å². The molecule has 2 N–H and O–H groups in total. The first-order valence-corrected chi connectivity index (χ1v) is 6.08. The average Bonchev–Trinajstić information content (AvgIpc) is 2.73. The fraction of sp³-hybridized carbons (Fsp3) is 1.00. The molecule has 2 atom stereocenters. The van der Waals surface area contributed by atoms with Crippen molar-refractivity contribution in [2.24, 2.45) is 0 Å². The SMILES string of the molecule is CCNCCC1(CCNCC)N(C)N1C. The molecule has 1 aliphatic heterocycles.